The van der Waals surface area contributed by atoms with E-state index in [0.29, 0.717) is 28.0 Å². The molecule has 2 aliphatic rings. The molecule has 1 heterocycles. The van der Waals surface area contributed by atoms with Crippen molar-refractivity contribution < 1.29 is 17.4 Å². The lowest BCUT2D eigenvalue weighted by atomic mass is 9.93. The zero-order chi connectivity index (χ0) is 32.4. The summed E-state index contributed by atoms with van der Waals surface area (Å²) in [6, 6.07) is 30.8. The Bertz CT molecular complexity index is 2170. The third-order valence-electron chi connectivity index (χ3n) is 8.61. The summed E-state index contributed by atoms with van der Waals surface area (Å²) in [4.78, 5) is 4.92. The van der Waals surface area contributed by atoms with Gasteiger partial charge in [0.15, 0.2) is 0 Å². The Hall–Kier alpha value is -4.72. The Morgan fingerprint density at radius 2 is 1.33 bits per heavy atom. The van der Waals surface area contributed by atoms with E-state index in [0.717, 1.165) is 53.5 Å². The van der Waals surface area contributed by atoms with E-state index in [1.54, 1.807) is 18.2 Å². The van der Waals surface area contributed by atoms with Crippen molar-refractivity contribution >= 4 is 38.1 Å². The van der Waals surface area contributed by atoms with E-state index < -0.39 is 10.1 Å². The average molecular weight is 631 g/mol. The highest BCUT2D eigenvalue weighted by atomic mass is 32.2. The first-order chi connectivity index (χ1) is 22.2. The maximum Gasteiger partial charge on any atom is 0.295 e. The zero-order valence-electron chi connectivity index (χ0n) is 26.6. The van der Waals surface area contributed by atoms with E-state index in [2.05, 4.69) is 69.4 Å². The van der Waals surface area contributed by atoms with Gasteiger partial charge < -0.3 is 9.73 Å². The molecule has 1 aliphatic carbocycles. The average Bonchev–Trinajstić information content (AvgIpc) is 3.06. The molecule has 0 fully saturated rings. The Morgan fingerprint density at radius 1 is 0.696 bits per heavy atom. The minimum absolute atomic E-state index is 0.159. The van der Waals surface area contributed by atoms with Crippen LogP contribution in [0.1, 0.15) is 49.9 Å². The molecular weight excluding hydrogens is 593 g/mol. The van der Waals surface area contributed by atoms with E-state index in [9.17, 15) is 13.0 Å². The van der Waals surface area contributed by atoms with Crippen LogP contribution in [0.4, 0.5) is 17.1 Å². The topological polar surface area (TPSA) is 91.9 Å². The maximum atomic E-state index is 12.6. The Labute approximate surface area is 270 Å². The molecular formula is C39H38N2O4S. The smallest absolute Gasteiger partial charge is 0.295 e. The van der Waals surface area contributed by atoms with Crippen LogP contribution in [0.25, 0.3) is 33.4 Å². The molecule has 7 heteroatoms. The van der Waals surface area contributed by atoms with Crippen LogP contribution in [-0.2, 0) is 35.8 Å². The van der Waals surface area contributed by atoms with Gasteiger partial charge in [-0.1, -0.05) is 82.3 Å². The van der Waals surface area contributed by atoms with Gasteiger partial charge in [0.2, 0.25) is 0 Å². The molecule has 1 aliphatic heterocycles. The zero-order valence-corrected chi connectivity index (χ0v) is 27.4. The first kappa shape index (κ1) is 31.3. The van der Waals surface area contributed by atoms with Crippen molar-refractivity contribution in [3.8, 4) is 22.5 Å². The molecule has 0 atom stereocenters. The maximum absolute atomic E-state index is 12.6. The number of hydrogen-bond donors (Lipinski definition) is 2. The molecule has 0 unspecified atom stereocenters. The predicted octanol–water partition coefficient (Wildman–Crippen LogP) is 9.68. The molecule has 0 saturated heterocycles. The molecule has 0 amide bonds. The molecule has 0 bridgehead atoms. The standard InChI is InChI=1S/C39H38N2O4S/c1-5-25-13-11-14-26(6-2)38(25)40-29-19-21-31-34(23-29)45-35-24-30(41-39-27(7-3)15-12-16-28(39)8-4)20-22-32(35)37(31)33-17-9-10-18-36(33)46(42,43)44/h9-24,40H,5-8H2,1-4H3,(H,42,43,44)/b41-30+. The van der Waals surface area contributed by atoms with Gasteiger partial charge in [0.25, 0.3) is 10.1 Å². The van der Waals surface area contributed by atoms with Crippen LogP contribution >= 0.6 is 0 Å². The normalized spacial score (nSPS) is 12.2. The fourth-order valence-corrected chi connectivity index (χ4v) is 6.95. The van der Waals surface area contributed by atoms with Crippen molar-refractivity contribution in [1.29, 1.82) is 0 Å². The number of benzene rings is 5. The molecule has 4 aromatic rings. The van der Waals surface area contributed by atoms with E-state index >= 15 is 0 Å². The Balaban J connectivity index is 1.62. The minimum Gasteiger partial charge on any atom is -0.456 e. The molecule has 234 valence electrons. The highest BCUT2D eigenvalue weighted by Crippen LogP contribution is 2.43. The molecule has 0 saturated carbocycles. The number of hydrogen-bond acceptors (Lipinski definition) is 5. The van der Waals surface area contributed by atoms with Crippen molar-refractivity contribution in [3.63, 3.8) is 0 Å². The Morgan fingerprint density at radius 3 is 1.96 bits per heavy atom. The monoisotopic (exact) mass is 630 g/mol. The van der Waals surface area contributed by atoms with Gasteiger partial charge in [0.05, 0.1) is 11.0 Å². The van der Waals surface area contributed by atoms with E-state index in [4.69, 9.17) is 9.41 Å². The summed E-state index contributed by atoms with van der Waals surface area (Å²) < 4.78 is 41.9. The van der Waals surface area contributed by atoms with Crippen LogP contribution in [0.15, 0.2) is 111 Å². The van der Waals surface area contributed by atoms with Crippen LogP contribution in [0.2, 0.25) is 0 Å². The molecule has 4 aromatic carbocycles. The lowest BCUT2D eigenvalue weighted by Crippen LogP contribution is -2.05. The van der Waals surface area contributed by atoms with E-state index in [1.807, 2.05) is 36.4 Å². The fourth-order valence-electron chi connectivity index (χ4n) is 6.25. The second-order valence-electron chi connectivity index (χ2n) is 11.4. The molecule has 0 spiro atoms. The van der Waals surface area contributed by atoms with Gasteiger partial charge in [-0.2, -0.15) is 8.42 Å². The van der Waals surface area contributed by atoms with Crippen LogP contribution in [0, 0.1) is 0 Å². The van der Waals surface area contributed by atoms with Gasteiger partial charge in [0.1, 0.15) is 16.2 Å². The first-order valence-corrected chi connectivity index (χ1v) is 17.3. The van der Waals surface area contributed by atoms with Crippen LogP contribution < -0.4 is 10.7 Å². The van der Waals surface area contributed by atoms with Crippen molar-refractivity contribution in [2.45, 2.75) is 58.3 Å². The van der Waals surface area contributed by atoms with Gasteiger partial charge in [0, 0.05) is 45.6 Å². The quantitative estimate of drug-likeness (QED) is 0.123. The lowest BCUT2D eigenvalue weighted by Gasteiger charge is -2.19. The molecule has 2 N–H and O–H groups in total. The number of nitrogens with zero attached hydrogens (tertiary/aromatic N) is 1. The number of para-hydroxylation sites is 2. The van der Waals surface area contributed by atoms with Gasteiger partial charge in [-0.3, -0.25) is 4.55 Å². The molecule has 6 nitrogen and oxygen atoms in total. The minimum atomic E-state index is -4.51. The highest BCUT2D eigenvalue weighted by Gasteiger charge is 2.23. The largest absolute Gasteiger partial charge is 0.456 e. The summed E-state index contributed by atoms with van der Waals surface area (Å²) in [5.41, 5.74) is 10.1. The molecule has 46 heavy (non-hydrogen) atoms. The van der Waals surface area contributed by atoms with Crippen molar-refractivity contribution in [2.75, 3.05) is 5.32 Å². The summed E-state index contributed by atoms with van der Waals surface area (Å²) in [5.74, 6) is 0.557. The molecule has 0 aromatic heterocycles. The van der Waals surface area contributed by atoms with Crippen LogP contribution in [0.3, 0.4) is 0 Å². The van der Waals surface area contributed by atoms with Crippen molar-refractivity contribution in [2.24, 2.45) is 4.99 Å². The first-order valence-electron chi connectivity index (χ1n) is 15.9. The number of rotatable bonds is 9. The number of nitrogens with one attached hydrogen (secondary N) is 1. The third kappa shape index (κ3) is 5.96. The van der Waals surface area contributed by atoms with Crippen molar-refractivity contribution in [1.82, 2.24) is 0 Å². The molecule has 6 rings (SSSR count). The Kier molecular flexibility index (Phi) is 8.80. The van der Waals surface area contributed by atoms with Crippen molar-refractivity contribution in [3.05, 3.63) is 125 Å². The fraction of sp³-hybridized carbons (Fsp3) is 0.205. The van der Waals surface area contributed by atoms with Gasteiger partial charge >= 0.3 is 0 Å². The summed E-state index contributed by atoms with van der Waals surface area (Å²) in [5, 5.41) is 5.09. The summed E-state index contributed by atoms with van der Waals surface area (Å²) in [6.07, 6.45) is 3.51. The number of aryl methyl sites for hydroxylation is 4. The predicted molar refractivity (Wildman–Crippen MR) is 187 cm³/mol. The van der Waals surface area contributed by atoms with Crippen LogP contribution in [0.5, 0.6) is 0 Å². The number of fused-ring (bicyclic) bond motifs is 2. The lowest BCUT2D eigenvalue weighted by molar-refractivity contribution is 0.483. The molecule has 0 radical (unpaired) electrons. The number of anilines is 2. The van der Waals surface area contributed by atoms with Gasteiger partial charge in [-0.15, -0.1) is 0 Å². The second-order valence-corrected chi connectivity index (χ2v) is 12.8. The summed E-state index contributed by atoms with van der Waals surface area (Å²) >= 11 is 0. The summed E-state index contributed by atoms with van der Waals surface area (Å²) in [7, 11) is -4.51. The van der Waals surface area contributed by atoms with E-state index in [1.165, 1.54) is 28.3 Å². The third-order valence-corrected chi connectivity index (χ3v) is 9.53. The SMILES string of the molecule is CCc1cccc(CC)c1/N=c1\ccc2c(-c3ccccc3S(=O)(=O)O)c3ccc(Nc4c(CC)cccc4CC)cc3oc-2c1. The van der Waals surface area contributed by atoms with Crippen LogP contribution in [-0.4, -0.2) is 13.0 Å². The van der Waals surface area contributed by atoms with Gasteiger partial charge in [-0.25, -0.2) is 4.99 Å². The van der Waals surface area contributed by atoms with Gasteiger partial charge in [-0.05, 0) is 78.3 Å². The summed E-state index contributed by atoms with van der Waals surface area (Å²) in [6.45, 7) is 8.54. The highest BCUT2D eigenvalue weighted by molar-refractivity contribution is 7.86. The van der Waals surface area contributed by atoms with E-state index in [-0.39, 0.29) is 4.90 Å². The second kappa shape index (κ2) is 12.9.